The van der Waals surface area contributed by atoms with E-state index in [0.717, 1.165) is 33.2 Å². The number of thiophene rings is 1. The molecule has 0 aliphatic heterocycles. The Morgan fingerprint density at radius 3 is 2.25 bits per heavy atom. The molecule has 4 bridgehead atoms. The van der Waals surface area contributed by atoms with Crippen molar-refractivity contribution in [2.24, 2.45) is 17.8 Å². The van der Waals surface area contributed by atoms with E-state index in [1.807, 2.05) is 13.0 Å². The van der Waals surface area contributed by atoms with Crippen LogP contribution in [0.5, 0.6) is 0 Å². The van der Waals surface area contributed by atoms with Crippen LogP contribution in [-0.2, 0) is 0 Å². The molecule has 0 radical (unpaired) electrons. The fraction of sp³-hybridized carbons (Fsp3) is 0.688. The molecule has 20 heavy (non-hydrogen) atoms. The summed E-state index contributed by atoms with van der Waals surface area (Å²) in [7, 11) is 0. The fourth-order valence-electron chi connectivity index (χ4n) is 5.17. The lowest BCUT2D eigenvalue weighted by Gasteiger charge is -2.56. The average molecular weight is 290 g/mol. The van der Waals surface area contributed by atoms with Crippen LogP contribution in [0.3, 0.4) is 0 Å². The van der Waals surface area contributed by atoms with Crippen LogP contribution >= 0.6 is 11.3 Å². The SMILES string of the molecule is Cc1sc(C(=O)NC23CC4CC(CC(C4)C2)C3)cc1N. The van der Waals surface area contributed by atoms with Gasteiger partial charge in [0, 0.05) is 16.1 Å². The minimum Gasteiger partial charge on any atom is -0.398 e. The molecular formula is C16H22N2OS. The molecule has 0 spiro atoms. The second-order valence-electron chi connectivity index (χ2n) is 7.27. The summed E-state index contributed by atoms with van der Waals surface area (Å²) in [5, 5.41) is 3.40. The highest BCUT2D eigenvalue weighted by molar-refractivity contribution is 7.14. The van der Waals surface area contributed by atoms with Crippen molar-refractivity contribution in [2.45, 2.75) is 51.0 Å². The van der Waals surface area contributed by atoms with Gasteiger partial charge < -0.3 is 11.1 Å². The monoisotopic (exact) mass is 290 g/mol. The highest BCUT2D eigenvalue weighted by atomic mass is 32.1. The molecule has 4 aliphatic carbocycles. The summed E-state index contributed by atoms with van der Waals surface area (Å²) in [5.41, 5.74) is 6.71. The van der Waals surface area contributed by atoms with Gasteiger partial charge in [-0.3, -0.25) is 4.79 Å². The molecule has 4 heteroatoms. The summed E-state index contributed by atoms with van der Waals surface area (Å²) in [6.45, 7) is 1.97. The molecule has 4 saturated carbocycles. The maximum Gasteiger partial charge on any atom is 0.261 e. The second kappa shape index (κ2) is 4.23. The van der Waals surface area contributed by atoms with Gasteiger partial charge in [0.15, 0.2) is 0 Å². The number of rotatable bonds is 2. The highest BCUT2D eigenvalue weighted by Crippen LogP contribution is 2.55. The molecule has 1 amide bonds. The molecule has 3 N–H and O–H groups in total. The van der Waals surface area contributed by atoms with Crippen LogP contribution in [0.1, 0.15) is 53.1 Å². The Morgan fingerprint density at radius 2 is 1.80 bits per heavy atom. The van der Waals surface area contributed by atoms with Crippen molar-refractivity contribution in [2.75, 3.05) is 5.73 Å². The second-order valence-corrected chi connectivity index (χ2v) is 8.53. The Labute approximate surface area is 123 Å². The van der Waals surface area contributed by atoms with Crippen molar-refractivity contribution in [1.82, 2.24) is 5.32 Å². The van der Waals surface area contributed by atoms with Gasteiger partial charge in [0.05, 0.1) is 4.88 Å². The Balaban J connectivity index is 1.55. The van der Waals surface area contributed by atoms with Gasteiger partial charge in [0.2, 0.25) is 0 Å². The van der Waals surface area contributed by atoms with Crippen LogP contribution in [0.4, 0.5) is 5.69 Å². The summed E-state index contributed by atoms with van der Waals surface area (Å²) in [5.74, 6) is 2.67. The number of hydrogen-bond donors (Lipinski definition) is 2. The minimum absolute atomic E-state index is 0.0942. The average Bonchev–Trinajstić information content (AvgIpc) is 2.67. The first-order valence-electron chi connectivity index (χ1n) is 7.71. The molecular weight excluding hydrogens is 268 g/mol. The van der Waals surface area contributed by atoms with Crippen molar-refractivity contribution >= 4 is 22.9 Å². The van der Waals surface area contributed by atoms with E-state index in [2.05, 4.69) is 5.32 Å². The van der Waals surface area contributed by atoms with E-state index in [0.29, 0.717) is 0 Å². The molecule has 1 heterocycles. The number of nitrogen functional groups attached to an aromatic ring is 1. The molecule has 4 fully saturated rings. The lowest BCUT2D eigenvalue weighted by atomic mass is 9.53. The molecule has 0 atom stereocenters. The Bertz CT molecular complexity index is 508. The third-order valence-electron chi connectivity index (χ3n) is 5.60. The molecule has 0 saturated heterocycles. The Kier molecular flexibility index (Phi) is 2.69. The minimum atomic E-state index is 0.0942. The Hall–Kier alpha value is -1.03. The molecule has 5 rings (SSSR count). The van der Waals surface area contributed by atoms with E-state index >= 15 is 0 Å². The van der Waals surface area contributed by atoms with Crippen molar-refractivity contribution in [1.29, 1.82) is 0 Å². The molecule has 1 aromatic rings. The quantitative estimate of drug-likeness (QED) is 0.877. The third kappa shape index (κ3) is 1.96. The van der Waals surface area contributed by atoms with E-state index < -0.39 is 0 Å². The van der Waals surface area contributed by atoms with Gasteiger partial charge in [0.1, 0.15) is 0 Å². The van der Waals surface area contributed by atoms with Gasteiger partial charge in [-0.1, -0.05) is 0 Å². The van der Waals surface area contributed by atoms with Crippen molar-refractivity contribution in [3.05, 3.63) is 15.8 Å². The number of carbonyl (C=O) groups is 1. The van der Waals surface area contributed by atoms with Gasteiger partial charge >= 0.3 is 0 Å². The van der Waals surface area contributed by atoms with Crippen molar-refractivity contribution in [3.63, 3.8) is 0 Å². The van der Waals surface area contributed by atoms with E-state index in [-0.39, 0.29) is 11.4 Å². The van der Waals surface area contributed by atoms with Crippen LogP contribution in [0.25, 0.3) is 0 Å². The maximum atomic E-state index is 12.5. The smallest absolute Gasteiger partial charge is 0.261 e. The molecule has 108 valence electrons. The predicted molar refractivity (Wildman–Crippen MR) is 81.8 cm³/mol. The normalized spacial score (nSPS) is 38.1. The lowest BCUT2D eigenvalue weighted by Crippen LogP contribution is -2.59. The summed E-state index contributed by atoms with van der Waals surface area (Å²) in [6.07, 6.45) is 7.81. The molecule has 0 aromatic carbocycles. The van der Waals surface area contributed by atoms with Gasteiger partial charge in [0.25, 0.3) is 5.91 Å². The van der Waals surface area contributed by atoms with Gasteiger partial charge in [-0.15, -0.1) is 11.3 Å². The van der Waals surface area contributed by atoms with Gasteiger partial charge in [-0.2, -0.15) is 0 Å². The summed E-state index contributed by atoms with van der Waals surface area (Å²) in [6, 6.07) is 1.83. The van der Waals surface area contributed by atoms with Crippen LogP contribution in [0.2, 0.25) is 0 Å². The Morgan fingerprint density at radius 1 is 1.25 bits per heavy atom. The van der Waals surface area contributed by atoms with Crippen molar-refractivity contribution < 1.29 is 4.79 Å². The van der Waals surface area contributed by atoms with Crippen LogP contribution < -0.4 is 11.1 Å². The maximum absolute atomic E-state index is 12.5. The van der Waals surface area contributed by atoms with Gasteiger partial charge in [-0.05, 0) is 69.3 Å². The number of nitrogens with two attached hydrogens (primary N) is 1. The molecule has 4 aliphatic rings. The number of anilines is 1. The van der Waals surface area contributed by atoms with E-state index in [1.165, 1.54) is 49.9 Å². The van der Waals surface area contributed by atoms with Gasteiger partial charge in [-0.25, -0.2) is 0 Å². The topological polar surface area (TPSA) is 55.1 Å². The predicted octanol–water partition coefficient (Wildman–Crippen LogP) is 3.34. The van der Waals surface area contributed by atoms with E-state index in [4.69, 9.17) is 5.73 Å². The third-order valence-corrected chi connectivity index (χ3v) is 6.66. The fourth-order valence-corrected chi connectivity index (χ4v) is 6.01. The van der Waals surface area contributed by atoms with E-state index in [9.17, 15) is 4.79 Å². The standard InChI is InChI=1S/C16H22N2OS/c1-9-13(17)5-14(20-9)15(19)18-16-6-10-2-11(7-16)4-12(3-10)8-16/h5,10-12H,2-4,6-8,17H2,1H3,(H,18,19). The zero-order valence-corrected chi connectivity index (χ0v) is 12.8. The highest BCUT2D eigenvalue weighted by Gasteiger charge is 2.51. The van der Waals surface area contributed by atoms with Crippen LogP contribution in [0, 0.1) is 24.7 Å². The number of aryl methyl sites for hydroxylation is 1. The first-order chi connectivity index (χ1) is 9.53. The molecule has 3 nitrogen and oxygen atoms in total. The summed E-state index contributed by atoms with van der Waals surface area (Å²) in [4.78, 5) is 14.4. The number of amides is 1. The first-order valence-corrected chi connectivity index (χ1v) is 8.53. The number of carbonyl (C=O) groups excluding carboxylic acids is 1. The zero-order valence-electron chi connectivity index (χ0n) is 11.9. The molecule has 1 aromatic heterocycles. The summed E-state index contributed by atoms with van der Waals surface area (Å²) >= 11 is 1.51. The first kappa shape index (κ1) is 12.7. The van der Waals surface area contributed by atoms with Crippen LogP contribution in [0.15, 0.2) is 6.07 Å². The summed E-state index contributed by atoms with van der Waals surface area (Å²) < 4.78 is 0. The molecule has 0 unspecified atom stereocenters. The van der Waals surface area contributed by atoms with Crippen LogP contribution in [-0.4, -0.2) is 11.4 Å². The van der Waals surface area contributed by atoms with Crippen molar-refractivity contribution in [3.8, 4) is 0 Å². The number of hydrogen-bond acceptors (Lipinski definition) is 3. The zero-order chi connectivity index (χ0) is 13.9. The van der Waals surface area contributed by atoms with E-state index in [1.54, 1.807) is 0 Å². The number of nitrogens with one attached hydrogen (secondary N) is 1. The largest absolute Gasteiger partial charge is 0.398 e. The lowest BCUT2D eigenvalue weighted by molar-refractivity contribution is -0.0166.